The third kappa shape index (κ3) is 7.09. The van der Waals surface area contributed by atoms with Gasteiger partial charge in [0.1, 0.15) is 0 Å². The maximum Gasteiger partial charge on any atom is 0.253 e. The van der Waals surface area contributed by atoms with Gasteiger partial charge in [-0.25, -0.2) is 8.42 Å². The molecule has 0 spiro atoms. The second kappa shape index (κ2) is 12.4. The van der Waals surface area contributed by atoms with E-state index in [0.717, 1.165) is 38.2 Å². The standard InChI is InChI=1S/C25H35N3O5S/c1-3-28(17-22-7-5-6-14-33-22)16-21-11-8-20(15-26-21)25(30)27-24(18-29)19-9-12-23(13-10-19)34(31,32)4-2/h8-13,15,22,24,29H,3-7,14,16-18H2,1-2H3,(H,27,30). The van der Waals surface area contributed by atoms with Crippen molar-refractivity contribution in [1.29, 1.82) is 0 Å². The molecule has 8 nitrogen and oxygen atoms in total. The van der Waals surface area contributed by atoms with Crippen molar-refractivity contribution in [3.8, 4) is 0 Å². The molecule has 1 aliphatic heterocycles. The molecule has 1 fully saturated rings. The minimum Gasteiger partial charge on any atom is -0.394 e. The van der Waals surface area contributed by atoms with Gasteiger partial charge >= 0.3 is 0 Å². The second-order valence-electron chi connectivity index (χ2n) is 8.54. The highest BCUT2D eigenvalue weighted by atomic mass is 32.2. The molecule has 1 aliphatic rings. The van der Waals surface area contributed by atoms with Crippen molar-refractivity contribution in [3.63, 3.8) is 0 Å². The normalized spacial score (nSPS) is 17.5. The maximum absolute atomic E-state index is 12.7. The summed E-state index contributed by atoms with van der Waals surface area (Å²) in [6, 6.07) is 9.14. The van der Waals surface area contributed by atoms with Gasteiger partial charge < -0.3 is 15.2 Å². The average Bonchev–Trinajstić information content (AvgIpc) is 2.87. The quantitative estimate of drug-likeness (QED) is 0.500. The van der Waals surface area contributed by atoms with E-state index in [1.54, 1.807) is 31.3 Å². The summed E-state index contributed by atoms with van der Waals surface area (Å²) in [6.07, 6.45) is 5.25. The van der Waals surface area contributed by atoms with Gasteiger partial charge in [-0.1, -0.05) is 26.0 Å². The van der Waals surface area contributed by atoms with E-state index in [1.165, 1.54) is 18.6 Å². The largest absolute Gasteiger partial charge is 0.394 e. The summed E-state index contributed by atoms with van der Waals surface area (Å²) in [5.74, 6) is -0.341. The van der Waals surface area contributed by atoms with Gasteiger partial charge in [-0.05, 0) is 55.6 Å². The molecule has 2 unspecified atom stereocenters. The van der Waals surface area contributed by atoms with E-state index in [-0.39, 0.29) is 29.3 Å². The van der Waals surface area contributed by atoms with Crippen molar-refractivity contribution >= 4 is 15.7 Å². The van der Waals surface area contributed by atoms with Crippen LogP contribution < -0.4 is 5.32 Å². The van der Waals surface area contributed by atoms with Crippen LogP contribution in [-0.4, -0.2) is 67.5 Å². The Hall–Kier alpha value is -2.33. The van der Waals surface area contributed by atoms with Crippen LogP contribution in [0.4, 0.5) is 0 Å². The SMILES string of the molecule is CCN(Cc1ccc(C(=O)NC(CO)c2ccc(S(=O)(=O)CC)cc2)cn1)CC1CCCCO1. The first-order valence-electron chi connectivity index (χ1n) is 11.9. The summed E-state index contributed by atoms with van der Waals surface area (Å²) >= 11 is 0. The van der Waals surface area contributed by atoms with Gasteiger partial charge in [-0.15, -0.1) is 0 Å². The number of carbonyl (C=O) groups excluding carboxylic acids is 1. The lowest BCUT2D eigenvalue weighted by Gasteiger charge is -2.29. The first-order chi connectivity index (χ1) is 16.4. The summed E-state index contributed by atoms with van der Waals surface area (Å²) in [4.78, 5) is 19.7. The predicted octanol–water partition coefficient (Wildman–Crippen LogP) is 2.73. The van der Waals surface area contributed by atoms with Crippen LogP contribution in [0.15, 0.2) is 47.5 Å². The summed E-state index contributed by atoms with van der Waals surface area (Å²) in [7, 11) is -3.31. The highest BCUT2D eigenvalue weighted by Gasteiger charge is 2.19. The summed E-state index contributed by atoms with van der Waals surface area (Å²) < 4.78 is 29.8. The fraction of sp³-hybridized carbons (Fsp3) is 0.520. The zero-order valence-electron chi connectivity index (χ0n) is 19.9. The number of amides is 1. The van der Waals surface area contributed by atoms with Crippen LogP contribution in [0, 0.1) is 0 Å². The Kier molecular flexibility index (Phi) is 9.58. The van der Waals surface area contributed by atoms with Crippen molar-refractivity contribution in [3.05, 3.63) is 59.4 Å². The average molecular weight is 490 g/mol. The van der Waals surface area contributed by atoms with Crippen LogP contribution in [0.1, 0.15) is 60.8 Å². The second-order valence-corrected chi connectivity index (χ2v) is 10.8. The Bertz CT molecular complexity index is 1020. The minimum atomic E-state index is -3.31. The molecule has 1 amide bonds. The maximum atomic E-state index is 12.7. The first kappa shape index (κ1) is 26.3. The number of pyridine rings is 1. The lowest BCUT2D eigenvalue weighted by molar-refractivity contribution is -0.00641. The van der Waals surface area contributed by atoms with Gasteiger partial charge in [0.05, 0.1) is 40.7 Å². The molecule has 1 saturated heterocycles. The van der Waals surface area contributed by atoms with Crippen molar-refractivity contribution in [2.24, 2.45) is 0 Å². The van der Waals surface area contributed by atoms with Crippen LogP contribution in [0.2, 0.25) is 0 Å². The highest BCUT2D eigenvalue weighted by molar-refractivity contribution is 7.91. The van der Waals surface area contributed by atoms with Crippen LogP contribution in [0.5, 0.6) is 0 Å². The number of benzene rings is 1. The first-order valence-corrected chi connectivity index (χ1v) is 13.5. The van der Waals surface area contributed by atoms with Gasteiger partial charge in [-0.2, -0.15) is 0 Å². The number of rotatable bonds is 11. The van der Waals surface area contributed by atoms with Crippen LogP contribution in [0.25, 0.3) is 0 Å². The number of aliphatic hydroxyl groups excluding tert-OH is 1. The Morgan fingerprint density at radius 1 is 1.21 bits per heavy atom. The molecule has 1 aromatic carbocycles. The Labute approximate surface area is 202 Å². The molecular formula is C25H35N3O5S. The lowest BCUT2D eigenvalue weighted by atomic mass is 10.1. The minimum absolute atomic E-state index is 0.0138. The smallest absolute Gasteiger partial charge is 0.253 e. The molecule has 0 saturated carbocycles. The van der Waals surface area contributed by atoms with Crippen molar-refractivity contribution in [2.45, 2.75) is 56.7 Å². The number of ether oxygens (including phenoxy) is 1. The third-order valence-electron chi connectivity index (χ3n) is 6.17. The van der Waals surface area contributed by atoms with Gasteiger partial charge in [0.15, 0.2) is 9.84 Å². The zero-order valence-corrected chi connectivity index (χ0v) is 20.8. The lowest BCUT2D eigenvalue weighted by Crippen LogP contribution is -2.35. The fourth-order valence-corrected chi connectivity index (χ4v) is 4.86. The Morgan fingerprint density at radius 3 is 2.53 bits per heavy atom. The Morgan fingerprint density at radius 2 is 1.97 bits per heavy atom. The van der Waals surface area contributed by atoms with Crippen LogP contribution in [0.3, 0.4) is 0 Å². The van der Waals surface area contributed by atoms with Gasteiger partial charge in [0.25, 0.3) is 5.91 Å². The fourth-order valence-electron chi connectivity index (χ4n) is 3.98. The monoisotopic (exact) mass is 489 g/mol. The van der Waals surface area contributed by atoms with E-state index in [1.807, 2.05) is 6.07 Å². The third-order valence-corrected chi connectivity index (χ3v) is 7.92. The van der Waals surface area contributed by atoms with Crippen molar-refractivity contribution in [1.82, 2.24) is 15.2 Å². The zero-order chi connectivity index (χ0) is 24.6. The van der Waals surface area contributed by atoms with Gasteiger partial charge in [-0.3, -0.25) is 14.7 Å². The van der Waals surface area contributed by atoms with Crippen LogP contribution >= 0.6 is 0 Å². The van der Waals surface area contributed by atoms with Gasteiger partial charge in [0, 0.05) is 25.9 Å². The van der Waals surface area contributed by atoms with Gasteiger partial charge in [0.2, 0.25) is 0 Å². The highest BCUT2D eigenvalue weighted by Crippen LogP contribution is 2.18. The summed E-state index contributed by atoms with van der Waals surface area (Å²) in [5, 5.41) is 12.6. The topological polar surface area (TPSA) is 109 Å². The summed E-state index contributed by atoms with van der Waals surface area (Å²) in [5.41, 5.74) is 1.89. The van der Waals surface area contributed by atoms with E-state index in [4.69, 9.17) is 4.74 Å². The van der Waals surface area contributed by atoms with E-state index in [2.05, 4.69) is 22.1 Å². The number of aliphatic hydroxyl groups is 1. The molecule has 0 aliphatic carbocycles. The van der Waals surface area contributed by atoms with Crippen molar-refractivity contribution < 1.29 is 23.1 Å². The number of carbonyl (C=O) groups is 1. The van der Waals surface area contributed by atoms with E-state index in [9.17, 15) is 18.3 Å². The molecule has 186 valence electrons. The van der Waals surface area contributed by atoms with E-state index in [0.29, 0.717) is 17.7 Å². The molecule has 2 heterocycles. The Balaban J connectivity index is 1.59. The molecule has 0 bridgehead atoms. The number of likely N-dealkylation sites (N-methyl/N-ethyl adjacent to an activating group) is 1. The van der Waals surface area contributed by atoms with Crippen LogP contribution in [-0.2, 0) is 21.1 Å². The number of nitrogens with zero attached hydrogens (tertiary/aromatic N) is 2. The van der Waals surface area contributed by atoms with E-state index >= 15 is 0 Å². The number of sulfone groups is 1. The molecule has 2 atom stereocenters. The molecular weight excluding hydrogens is 454 g/mol. The summed E-state index contributed by atoms with van der Waals surface area (Å²) in [6.45, 7) is 6.67. The molecule has 9 heteroatoms. The number of hydrogen-bond acceptors (Lipinski definition) is 7. The molecule has 0 radical (unpaired) electrons. The van der Waals surface area contributed by atoms with Crippen molar-refractivity contribution in [2.75, 3.05) is 32.1 Å². The molecule has 34 heavy (non-hydrogen) atoms. The number of nitrogens with one attached hydrogen (secondary N) is 1. The molecule has 3 rings (SSSR count). The predicted molar refractivity (Wildman–Crippen MR) is 130 cm³/mol. The number of aromatic nitrogens is 1. The molecule has 1 aromatic heterocycles. The number of hydrogen-bond donors (Lipinski definition) is 2. The van der Waals surface area contributed by atoms with E-state index < -0.39 is 15.9 Å². The molecule has 2 aromatic rings. The molecule has 2 N–H and O–H groups in total.